The van der Waals surface area contributed by atoms with Crippen LogP contribution in [0.1, 0.15) is 22.8 Å². The van der Waals surface area contributed by atoms with Crippen molar-refractivity contribution in [2.24, 2.45) is 0 Å². The summed E-state index contributed by atoms with van der Waals surface area (Å²) in [6.07, 6.45) is -1.37. The van der Waals surface area contributed by atoms with Crippen LogP contribution < -0.4 is 4.74 Å². The number of aryl methyl sites for hydroxylation is 1. The lowest BCUT2D eigenvalue weighted by Gasteiger charge is -2.15. The lowest BCUT2D eigenvalue weighted by atomic mass is 9.99. The molecule has 0 aliphatic carbocycles. The topological polar surface area (TPSA) is 29.5 Å². The molecule has 0 heterocycles. The van der Waals surface area contributed by atoms with Crippen LogP contribution in [0.5, 0.6) is 5.75 Å². The number of aliphatic hydroxyl groups excluding tert-OH is 1. The molecule has 0 aliphatic rings. The molecule has 2 rings (SSSR count). The van der Waals surface area contributed by atoms with Crippen LogP contribution in [0.2, 0.25) is 0 Å². The Labute approximate surface area is 110 Å². The second-order valence-corrected chi connectivity index (χ2v) is 4.27. The van der Waals surface area contributed by atoms with Gasteiger partial charge in [-0.3, -0.25) is 0 Å². The Hall–Kier alpha value is -1.94. The van der Waals surface area contributed by atoms with Crippen LogP contribution in [-0.2, 0) is 0 Å². The lowest BCUT2D eigenvalue weighted by Crippen LogP contribution is -2.06. The van der Waals surface area contributed by atoms with E-state index in [0.29, 0.717) is 11.3 Å². The van der Waals surface area contributed by atoms with Gasteiger partial charge < -0.3 is 9.84 Å². The zero-order valence-corrected chi connectivity index (χ0v) is 10.7. The van der Waals surface area contributed by atoms with Crippen molar-refractivity contribution in [2.75, 3.05) is 7.11 Å². The molecule has 0 bridgehead atoms. The molecule has 2 aromatic carbocycles. The number of methoxy groups -OCH3 is 1. The highest BCUT2D eigenvalue weighted by atomic mass is 19.1. The molecule has 0 amide bonds. The molecule has 1 atom stereocenters. The first-order chi connectivity index (χ1) is 9.04. The molecule has 2 nitrogen and oxygen atoms in total. The van der Waals surface area contributed by atoms with Gasteiger partial charge in [0.05, 0.1) is 12.7 Å². The Balaban J connectivity index is 2.47. The molecule has 0 spiro atoms. The van der Waals surface area contributed by atoms with Gasteiger partial charge in [0.25, 0.3) is 0 Å². The second kappa shape index (κ2) is 5.36. The number of aliphatic hydroxyl groups is 1. The maximum Gasteiger partial charge on any atom is 0.132 e. The van der Waals surface area contributed by atoms with Crippen LogP contribution in [0.4, 0.5) is 8.78 Å². The number of rotatable bonds is 3. The number of benzene rings is 2. The van der Waals surface area contributed by atoms with E-state index in [2.05, 4.69) is 0 Å². The van der Waals surface area contributed by atoms with Gasteiger partial charge in [0, 0.05) is 0 Å². The summed E-state index contributed by atoms with van der Waals surface area (Å²) < 4.78 is 32.4. The van der Waals surface area contributed by atoms with E-state index in [1.54, 1.807) is 18.2 Å². The van der Waals surface area contributed by atoms with Crippen molar-refractivity contribution in [1.29, 1.82) is 0 Å². The molecule has 19 heavy (non-hydrogen) atoms. The molecule has 0 aliphatic heterocycles. The zero-order valence-electron chi connectivity index (χ0n) is 10.7. The van der Waals surface area contributed by atoms with Crippen molar-refractivity contribution in [3.8, 4) is 5.75 Å². The predicted molar refractivity (Wildman–Crippen MR) is 68.2 cm³/mol. The average Bonchev–Trinajstić information content (AvgIpc) is 2.39. The van der Waals surface area contributed by atoms with Crippen LogP contribution in [0.25, 0.3) is 0 Å². The minimum absolute atomic E-state index is 0.353. The number of hydrogen-bond acceptors (Lipinski definition) is 2. The summed E-state index contributed by atoms with van der Waals surface area (Å²) in [4.78, 5) is 0. The summed E-state index contributed by atoms with van der Waals surface area (Å²) in [5.74, 6) is -0.979. The molecule has 100 valence electrons. The van der Waals surface area contributed by atoms with Crippen LogP contribution in [0.15, 0.2) is 36.4 Å². The fourth-order valence-corrected chi connectivity index (χ4v) is 1.95. The quantitative estimate of drug-likeness (QED) is 0.921. The van der Waals surface area contributed by atoms with Gasteiger partial charge in [0.2, 0.25) is 0 Å². The van der Waals surface area contributed by atoms with Gasteiger partial charge >= 0.3 is 0 Å². The van der Waals surface area contributed by atoms with E-state index in [1.807, 2.05) is 6.92 Å². The Bertz CT molecular complexity index is 576. The summed E-state index contributed by atoms with van der Waals surface area (Å²) in [6, 6.07) is 8.42. The average molecular weight is 264 g/mol. The standard InChI is InChI=1S/C15H14F2O2/c1-9-6-7-10(8-13(9)19-2)15(18)14-11(16)4-3-5-12(14)17/h3-8,15,18H,1-2H3. The van der Waals surface area contributed by atoms with Gasteiger partial charge in [0.1, 0.15) is 23.5 Å². The highest BCUT2D eigenvalue weighted by Crippen LogP contribution is 2.30. The third-order valence-corrected chi connectivity index (χ3v) is 3.02. The summed E-state index contributed by atoms with van der Waals surface area (Å²) in [5.41, 5.74) is 0.910. The van der Waals surface area contributed by atoms with Crippen molar-refractivity contribution < 1.29 is 18.6 Å². The molecular weight excluding hydrogens is 250 g/mol. The molecule has 1 N–H and O–H groups in total. The maximum atomic E-state index is 13.6. The minimum atomic E-state index is -1.37. The Morgan fingerprint density at radius 1 is 1.11 bits per heavy atom. The van der Waals surface area contributed by atoms with Crippen LogP contribution in [-0.4, -0.2) is 12.2 Å². The van der Waals surface area contributed by atoms with Crippen molar-refractivity contribution >= 4 is 0 Å². The molecule has 4 heteroatoms. The van der Waals surface area contributed by atoms with E-state index in [0.717, 1.165) is 17.7 Å². The highest BCUT2D eigenvalue weighted by Gasteiger charge is 2.20. The van der Waals surface area contributed by atoms with Crippen molar-refractivity contribution in [2.45, 2.75) is 13.0 Å². The molecule has 2 aromatic rings. The first-order valence-electron chi connectivity index (χ1n) is 5.81. The fraction of sp³-hybridized carbons (Fsp3) is 0.200. The lowest BCUT2D eigenvalue weighted by molar-refractivity contribution is 0.208. The van der Waals surface area contributed by atoms with E-state index in [-0.39, 0.29) is 5.56 Å². The Morgan fingerprint density at radius 2 is 1.74 bits per heavy atom. The van der Waals surface area contributed by atoms with Crippen molar-refractivity contribution in [3.63, 3.8) is 0 Å². The molecule has 0 aromatic heterocycles. The largest absolute Gasteiger partial charge is 0.496 e. The summed E-state index contributed by atoms with van der Waals surface area (Å²) in [6.45, 7) is 1.85. The summed E-state index contributed by atoms with van der Waals surface area (Å²) >= 11 is 0. The van der Waals surface area contributed by atoms with Crippen LogP contribution >= 0.6 is 0 Å². The van der Waals surface area contributed by atoms with E-state index in [1.165, 1.54) is 13.2 Å². The smallest absolute Gasteiger partial charge is 0.132 e. The first kappa shape index (κ1) is 13.5. The number of hydrogen-bond donors (Lipinski definition) is 1. The third kappa shape index (κ3) is 2.58. The molecule has 1 unspecified atom stereocenters. The van der Waals surface area contributed by atoms with E-state index in [4.69, 9.17) is 4.74 Å². The van der Waals surface area contributed by atoms with Crippen LogP contribution in [0.3, 0.4) is 0 Å². The molecule has 0 fully saturated rings. The van der Waals surface area contributed by atoms with Gasteiger partial charge in [-0.25, -0.2) is 8.78 Å². The first-order valence-corrected chi connectivity index (χ1v) is 5.81. The van der Waals surface area contributed by atoms with Crippen molar-refractivity contribution in [3.05, 3.63) is 64.7 Å². The monoisotopic (exact) mass is 264 g/mol. The highest BCUT2D eigenvalue weighted by molar-refractivity contribution is 5.40. The normalized spacial score (nSPS) is 12.3. The van der Waals surface area contributed by atoms with E-state index >= 15 is 0 Å². The van der Waals surface area contributed by atoms with Gasteiger partial charge in [-0.05, 0) is 36.2 Å². The number of ether oxygens (including phenoxy) is 1. The Morgan fingerprint density at radius 3 is 2.32 bits per heavy atom. The van der Waals surface area contributed by atoms with Crippen molar-refractivity contribution in [1.82, 2.24) is 0 Å². The third-order valence-electron chi connectivity index (χ3n) is 3.02. The fourth-order valence-electron chi connectivity index (χ4n) is 1.95. The predicted octanol–water partition coefficient (Wildman–Crippen LogP) is 3.36. The molecule has 0 radical (unpaired) electrons. The van der Waals surface area contributed by atoms with Gasteiger partial charge in [-0.2, -0.15) is 0 Å². The summed E-state index contributed by atoms with van der Waals surface area (Å²) in [5, 5.41) is 10.1. The van der Waals surface area contributed by atoms with E-state index < -0.39 is 17.7 Å². The van der Waals surface area contributed by atoms with Gasteiger partial charge in [0.15, 0.2) is 0 Å². The zero-order chi connectivity index (χ0) is 14.0. The van der Waals surface area contributed by atoms with E-state index in [9.17, 15) is 13.9 Å². The minimum Gasteiger partial charge on any atom is -0.496 e. The molecule has 0 saturated carbocycles. The second-order valence-electron chi connectivity index (χ2n) is 4.27. The molecule has 0 saturated heterocycles. The van der Waals surface area contributed by atoms with Gasteiger partial charge in [-0.1, -0.05) is 18.2 Å². The summed E-state index contributed by atoms with van der Waals surface area (Å²) in [7, 11) is 1.50. The maximum absolute atomic E-state index is 13.6. The van der Waals surface area contributed by atoms with Gasteiger partial charge in [-0.15, -0.1) is 0 Å². The molecular formula is C15H14F2O2. The Kier molecular flexibility index (Phi) is 3.81. The SMILES string of the molecule is COc1cc(C(O)c2c(F)cccc2F)ccc1C. The van der Waals surface area contributed by atoms with Crippen LogP contribution in [0, 0.1) is 18.6 Å². The number of halogens is 2.